The minimum absolute atomic E-state index is 0.947. The van der Waals surface area contributed by atoms with Crippen LogP contribution in [0, 0.1) is 0 Å². The normalized spacial score (nSPS) is 15.8. The summed E-state index contributed by atoms with van der Waals surface area (Å²) in [6, 6.07) is 10.4. The van der Waals surface area contributed by atoms with E-state index in [1.165, 1.54) is 11.1 Å². The van der Waals surface area contributed by atoms with Crippen molar-refractivity contribution >= 4 is 5.82 Å². The second-order valence-corrected chi connectivity index (χ2v) is 4.75. The molecule has 94 valence electrons. The highest BCUT2D eigenvalue weighted by molar-refractivity contribution is 5.69. The summed E-state index contributed by atoms with van der Waals surface area (Å²) in [6.45, 7) is 5.17. The Morgan fingerprint density at radius 1 is 1.28 bits per heavy atom. The van der Waals surface area contributed by atoms with Crippen molar-refractivity contribution in [3.8, 4) is 11.3 Å². The quantitative estimate of drug-likeness (QED) is 0.877. The van der Waals surface area contributed by atoms with Crippen molar-refractivity contribution in [3.05, 3.63) is 35.9 Å². The van der Waals surface area contributed by atoms with Gasteiger partial charge in [0.2, 0.25) is 0 Å². The van der Waals surface area contributed by atoms with E-state index in [9.17, 15) is 0 Å². The van der Waals surface area contributed by atoms with Crippen LogP contribution < -0.4 is 4.90 Å². The Bertz CT molecular complexity index is 532. The molecule has 0 saturated heterocycles. The number of aromatic amines is 1. The predicted molar refractivity (Wildman–Crippen MR) is 73.4 cm³/mol. The van der Waals surface area contributed by atoms with Crippen molar-refractivity contribution in [2.75, 3.05) is 25.2 Å². The van der Waals surface area contributed by atoms with Gasteiger partial charge in [-0.3, -0.25) is 10.00 Å². The monoisotopic (exact) mass is 242 g/mol. The lowest BCUT2D eigenvalue weighted by atomic mass is 10.1. The van der Waals surface area contributed by atoms with E-state index in [-0.39, 0.29) is 0 Å². The van der Waals surface area contributed by atoms with Gasteiger partial charge in [0.25, 0.3) is 0 Å². The highest BCUT2D eigenvalue weighted by Crippen LogP contribution is 2.32. The van der Waals surface area contributed by atoms with Crippen LogP contribution in [0.4, 0.5) is 5.82 Å². The van der Waals surface area contributed by atoms with Crippen molar-refractivity contribution in [2.24, 2.45) is 0 Å². The lowest BCUT2D eigenvalue weighted by molar-refractivity contribution is 0.271. The summed E-state index contributed by atoms with van der Waals surface area (Å²) in [5.41, 5.74) is 3.66. The number of nitrogens with one attached hydrogen (secondary N) is 1. The lowest BCUT2D eigenvalue weighted by Crippen LogP contribution is -2.39. The second-order valence-electron chi connectivity index (χ2n) is 4.75. The van der Waals surface area contributed by atoms with Crippen LogP contribution in [0.15, 0.2) is 30.3 Å². The zero-order valence-corrected chi connectivity index (χ0v) is 10.8. The Labute approximate surface area is 107 Å². The smallest absolute Gasteiger partial charge is 0.156 e. The Kier molecular flexibility index (Phi) is 2.80. The maximum atomic E-state index is 4.46. The van der Waals surface area contributed by atoms with Gasteiger partial charge in [0, 0.05) is 19.2 Å². The number of anilines is 1. The van der Waals surface area contributed by atoms with Crippen molar-refractivity contribution < 1.29 is 0 Å². The van der Waals surface area contributed by atoms with Crippen LogP contribution in [0.3, 0.4) is 0 Å². The van der Waals surface area contributed by atoms with Gasteiger partial charge >= 0.3 is 0 Å². The zero-order chi connectivity index (χ0) is 12.5. The summed E-state index contributed by atoms with van der Waals surface area (Å²) in [6.07, 6.45) is 0. The third kappa shape index (κ3) is 1.78. The molecule has 0 atom stereocenters. The van der Waals surface area contributed by atoms with Crippen LogP contribution in [0.1, 0.15) is 12.5 Å². The van der Waals surface area contributed by atoms with Crippen LogP contribution in [-0.2, 0) is 6.54 Å². The average molecular weight is 242 g/mol. The fraction of sp³-hybridized carbons (Fsp3) is 0.357. The van der Waals surface area contributed by atoms with E-state index in [1.54, 1.807) is 0 Å². The molecule has 1 aromatic carbocycles. The number of aromatic nitrogens is 2. The highest BCUT2D eigenvalue weighted by atomic mass is 15.4. The van der Waals surface area contributed by atoms with Crippen LogP contribution in [0.2, 0.25) is 0 Å². The molecule has 0 radical (unpaired) electrons. The van der Waals surface area contributed by atoms with E-state index in [0.29, 0.717) is 0 Å². The first-order valence-electron chi connectivity index (χ1n) is 6.35. The molecular formula is C14H18N4. The van der Waals surface area contributed by atoms with Crippen LogP contribution >= 0.6 is 0 Å². The Morgan fingerprint density at radius 2 is 2.06 bits per heavy atom. The molecule has 0 amide bonds. The molecule has 2 heterocycles. The van der Waals surface area contributed by atoms with Crippen molar-refractivity contribution in [2.45, 2.75) is 13.5 Å². The first-order chi connectivity index (χ1) is 8.79. The molecule has 0 aliphatic carbocycles. The molecule has 1 N–H and O–H groups in total. The summed E-state index contributed by atoms with van der Waals surface area (Å²) in [7, 11) is 2.09. The van der Waals surface area contributed by atoms with Gasteiger partial charge in [-0.15, -0.1) is 0 Å². The molecule has 0 bridgehead atoms. The van der Waals surface area contributed by atoms with Gasteiger partial charge in [-0.25, -0.2) is 0 Å². The topological polar surface area (TPSA) is 35.2 Å². The maximum Gasteiger partial charge on any atom is 0.156 e. The van der Waals surface area contributed by atoms with Crippen LogP contribution in [-0.4, -0.2) is 35.4 Å². The standard InChI is InChI=1S/C14H18N4/c1-3-18-9-12-13(11-7-5-4-6-8-11)15-16-14(12)17(2)10-18/h4-8H,3,9-10H2,1-2H3,(H,15,16). The molecule has 1 aromatic heterocycles. The van der Waals surface area contributed by atoms with Crippen LogP contribution in [0.5, 0.6) is 0 Å². The zero-order valence-electron chi connectivity index (χ0n) is 10.8. The van der Waals surface area contributed by atoms with Gasteiger partial charge in [-0.05, 0) is 12.1 Å². The van der Waals surface area contributed by atoms with E-state index in [0.717, 1.165) is 31.3 Å². The number of benzene rings is 1. The lowest BCUT2D eigenvalue weighted by Gasteiger charge is -2.32. The molecule has 1 aliphatic heterocycles. The van der Waals surface area contributed by atoms with E-state index >= 15 is 0 Å². The molecule has 1 aliphatic rings. The third-order valence-corrected chi connectivity index (χ3v) is 3.51. The minimum Gasteiger partial charge on any atom is -0.345 e. The van der Waals surface area contributed by atoms with Crippen LogP contribution in [0.25, 0.3) is 11.3 Å². The van der Waals surface area contributed by atoms with E-state index in [1.807, 2.05) is 6.07 Å². The molecule has 4 nitrogen and oxygen atoms in total. The maximum absolute atomic E-state index is 4.46. The number of nitrogens with zero attached hydrogens (tertiary/aromatic N) is 3. The highest BCUT2D eigenvalue weighted by Gasteiger charge is 2.25. The predicted octanol–water partition coefficient (Wildman–Crippen LogP) is 2.31. The second kappa shape index (κ2) is 4.46. The summed E-state index contributed by atoms with van der Waals surface area (Å²) in [5, 5.41) is 7.65. The number of H-pyrrole nitrogens is 1. The largest absolute Gasteiger partial charge is 0.345 e. The van der Waals surface area contributed by atoms with Gasteiger partial charge < -0.3 is 4.90 Å². The van der Waals surface area contributed by atoms with E-state index in [4.69, 9.17) is 0 Å². The molecular weight excluding hydrogens is 224 g/mol. The van der Waals surface area contributed by atoms with Gasteiger partial charge in [-0.2, -0.15) is 5.10 Å². The summed E-state index contributed by atoms with van der Waals surface area (Å²) in [4.78, 5) is 4.61. The first kappa shape index (κ1) is 11.3. The third-order valence-electron chi connectivity index (χ3n) is 3.51. The molecule has 4 heteroatoms. The van der Waals surface area contributed by atoms with E-state index < -0.39 is 0 Å². The number of rotatable bonds is 2. The van der Waals surface area contributed by atoms with Crippen molar-refractivity contribution in [3.63, 3.8) is 0 Å². The summed E-state index contributed by atoms with van der Waals surface area (Å²) in [5.74, 6) is 1.08. The van der Waals surface area contributed by atoms with Crippen molar-refractivity contribution in [1.29, 1.82) is 0 Å². The van der Waals surface area contributed by atoms with E-state index in [2.05, 4.69) is 58.2 Å². The fourth-order valence-corrected chi connectivity index (χ4v) is 2.52. The number of fused-ring (bicyclic) bond motifs is 1. The SMILES string of the molecule is CCN1Cc2c(n[nH]c2-c2ccccc2)N(C)C1. The van der Waals surface area contributed by atoms with Gasteiger partial charge in [0.15, 0.2) is 5.82 Å². The summed E-state index contributed by atoms with van der Waals surface area (Å²) >= 11 is 0. The minimum atomic E-state index is 0.947. The van der Waals surface area contributed by atoms with Gasteiger partial charge in [0.1, 0.15) is 0 Å². The summed E-state index contributed by atoms with van der Waals surface area (Å²) < 4.78 is 0. The Hall–Kier alpha value is -1.81. The number of hydrogen-bond donors (Lipinski definition) is 1. The van der Waals surface area contributed by atoms with Gasteiger partial charge in [-0.1, -0.05) is 37.3 Å². The molecule has 2 aromatic rings. The molecule has 3 rings (SSSR count). The Balaban J connectivity index is 2.04. The van der Waals surface area contributed by atoms with Gasteiger partial charge in [0.05, 0.1) is 12.4 Å². The molecule has 0 unspecified atom stereocenters. The molecule has 18 heavy (non-hydrogen) atoms. The molecule has 0 saturated carbocycles. The Morgan fingerprint density at radius 3 is 2.78 bits per heavy atom. The molecule has 0 fully saturated rings. The van der Waals surface area contributed by atoms with Crippen molar-refractivity contribution in [1.82, 2.24) is 15.1 Å². The molecule has 0 spiro atoms. The number of hydrogen-bond acceptors (Lipinski definition) is 3. The first-order valence-corrected chi connectivity index (χ1v) is 6.35. The average Bonchev–Trinajstić information content (AvgIpc) is 2.84. The fourth-order valence-electron chi connectivity index (χ4n) is 2.52.